The van der Waals surface area contributed by atoms with Gasteiger partial charge in [0, 0.05) is 31.2 Å². The van der Waals surface area contributed by atoms with Gasteiger partial charge >= 0.3 is 0 Å². The van der Waals surface area contributed by atoms with Crippen molar-refractivity contribution in [3.05, 3.63) is 35.4 Å². The second-order valence-corrected chi connectivity index (χ2v) is 6.26. The van der Waals surface area contributed by atoms with E-state index in [1.54, 1.807) is 0 Å². The smallest absolute Gasteiger partial charge is 0.0450 e. The molecule has 0 spiro atoms. The second kappa shape index (κ2) is 6.70. The van der Waals surface area contributed by atoms with Crippen molar-refractivity contribution < 1.29 is 0 Å². The number of hydrogen-bond acceptors (Lipinski definition) is 3. The average molecular weight is 275 g/mol. The van der Waals surface area contributed by atoms with Crippen LogP contribution in [0.5, 0.6) is 0 Å². The van der Waals surface area contributed by atoms with E-state index in [0.717, 1.165) is 19.5 Å². The highest BCUT2D eigenvalue weighted by Gasteiger charge is 2.30. The highest BCUT2D eigenvalue weighted by atomic mass is 15.3. The van der Waals surface area contributed by atoms with Crippen molar-refractivity contribution in [2.24, 2.45) is 5.73 Å². The Balaban J connectivity index is 1.99. The van der Waals surface area contributed by atoms with Crippen molar-refractivity contribution in [2.75, 3.05) is 27.2 Å². The van der Waals surface area contributed by atoms with Gasteiger partial charge < -0.3 is 10.6 Å². The van der Waals surface area contributed by atoms with E-state index in [9.17, 15) is 0 Å². The number of likely N-dealkylation sites (N-methyl/N-ethyl adjacent to an activating group) is 1. The van der Waals surface area contributed by atoms with Gasteiger partial charge in [-0.2, -0.15) is 0 Å². The molecule has 2 rings (SSSR count). The molecule has 1 aromatic rings. The van der Waals surface area contributed by atoms with E-state index < -0.39 is 0 Å². The van der Waals surface area contributed by atoms with E-state index >= 15 is 0 Å². The fourth-order valence-electron chi connectivity index (χ4n) is 3.04. The van der Waals surface area contributed by atoms with E-state index in [1.165, 1.54) is 17.5 Å². The van der Waals surface area contributed by atoms with E-state index in [2.05, 4.69) is 62.0 Å². The van der Waals surface area contributed by atoms with Crippen LogP contribution in [0.1, 0.15) is 37.4 Å². The molecule has 1 saturated heterocycles. The minimum Gasteiger partial charge on any atom is -0.323 e. The van der Waals surface area contributed by atoms with Crippen LogP contribution < -0.4 is 5.73 Å². The maximum absolute atomic E-state index is 6.48. The number of likely N-dealkylation sites (tertiary alicyclic amines) is 1. The Morgan fingerprint density at radius 2 is 1.95 bits per heavy atom. The first kappa shape index (κ1) is 15.5. The monoisotopic (exact) mass is 275 g/mol. The van der Waals surface area contributed by atoms with Crippen LogP contribution in [0.25, 0.3) is 0 Å². The largest absolute Gasteiger partial charge is 0.323 e. The molecule has 0 radical (unpaired) electrons. The molecule has 0 bridgehead atoms. The zero-order valence-electron chi connectivity index (χ0n) is 13.3. The summed E-state index contributed by atoms with van der Waals surface area (Å²) in [5.74, 6) is 0. The Hall–Kier alpha value is -0.900. The number of aryl methyl sites for hydroxylation is 1. The third-order valence-electron chi connectivity index (χ3n) is 4.79. The molecule has 20 heavy (non-hydrogen) atoms. The first-order chi connectivity index (χ1) is 9.52. The van der Waals surface area contributed by atoms with Gasteiger partial charge in [0.15, 0.2) is 0 Å². The van der Waals surface area contributed by atoms with Gasteiger partial charge in [-0.3, -0.25) is 4.90 Å². The van der Waals surface area contributed by atoms with Crippen LogP contribution in [0.4, 0.5) is 0 Å². The molecule has 3 nitrogen and oxygen atoms in total. The zero-order valence-corrected chi connectivity index (χ0v) is 13.3. The van der Waals surface area contributed by atoms with Crippen molar-refractivity contribution in [3.8, 4) is 0 Å². The summed E-state index contributed by atoms with van der Waals surface area (Å²) in [6.45, 7) is 6.74. The molecule has 2 N–H and O–H groups in total. The SMILES string of the molecule is CCc1ccc(C(N)C(C)N2CCC(N(C)C)C2)cc1. The molecule has 112 valence electrons. The number of hydrogen-bond donors (Lipinski definition) is 1. The van der Waals surface area contributed by atoms with E-state index in [4.69, 9.17) is 5.73 Å². The summed E-state index contributed by atoms with van der Waals surface area (Å²) in [6.07, 6.45) is 2.33. The maximum Gasteiger partial charge on any atom is 0.0450 e. The lowest BCUT2D eigenvalue weighted by Gasteiger charge is -2.30. The minimum absolute atomic E-state index is 0.0989. The molecule has 3 heteroatoms. The van der Waals surface area contributed by atoms with Crippen molar-refractivity contribution in [1.29, 1.82) is 0 Å². The van der Waals surface area contributed by atoms with E-state index in [-0.39, 0.29) is 6.04 Å². The summed E-state index contributed by atoms with van der Waals surface area (Å²) in [5, 5.41) is 0. The summed E-state index contributed by atoms with van der Waals surface area (Å²) in [5.41, 5.74) is 9.11. The lowest BCUT2D eigenvalue weighted by molar-refractivity contribution is 0.204. The Bertz CT molecular complexity index is 413. The molecule has 1 aliphatic rings. The molecule has 1 fully saturated rings. The van der Waals surface area contributed by atoms with Gasteiger partial charge in [-0.25, -0.2) is 0 Å². The van der Waals surface area contributed by atoms with Crippen LogP contribution in [-0.4, -0.2) is 49.1 Å². The van der Waals surface area contributed by atoms with Gasteiger partial charge in [0.05, 0.1) is 0 Å². The molecule has 1 aliphatic heterocycles. The van der Waals surface area contributed by atoms with Gasteiger partial charge in [0.1, 0.15) is 0 Å². The molecule has 1 aromatic carbocycles. The van der Waals surface area contributed by atoms with Gasteiger partial charge in [0.25, 0.3) is 0 Å². The summed E-state index contributed by atoms with van der Waals surface area (Å²) >= 11 is 0. The number of benzene rings is 1. The third kappa shape index (κ3) is 3.40. The third-order valence-corrected chi connectivity index (χ3v) is 4.79. The van der Waals surface area contributed by atoms with Gasteiger partial charge in [-0.15, -0.1) is 0 Å². The van der Waals surface area contributed by atoms with Crippen molar-refractivity contribution in [2.45, 2.75) is 44.8 Å². The summed E-state index contributed by atoms with van der Waals surface area (Å²) in [7, 11) is 4.34. The van der Waals surface area contributed by atoms with Crippen molar-refractivity contribution >= 4 is 0 Å². The number of rotatable bonds is 5. The van der Waals surface area contributed by atoms with Crippen LogP contribution in [-0.2, 0) is 6.42 Å². The van der Waals surface area contributed by atoms with Crippen LogP contribution in [0.15, 0.2) is 24.3 Å². The topological polar surface area (TPSA) is 32.5 Å². The Kier molecular flexibility index (Phi) is 5.19. The minimum atomic E-state index is 0.0989. The normalized spacial score (nSPS) is 23.2. The summed E-state index contributed by atoms with van der Waals surface area (Å²) < 4.78 is 0. The van der Waals surface area contributed by atoms with Crippen LogP contribution in [0, 0.1) is 0 Å². The molecule has 3 unspecified atom stereocenters. The van der Waals surface area contributed by atoms with E-state index in [1.807, 2.05) is 0 Å². The number of nitrogens with two attached hydrogens (primary N) is 1. The van der Waals surface area contributed by atoms with Gasteiger partial charge in [-0.1, -0.05) is 31.2 Å². The highest BCUT2D eigenvalue weighted by molar-refractivity contribution is 5.25. The predicted octanol–water partition coefficient (Wildman–Crippen LogP) is 2.27. The van der Waals surface area contributed by atoms with Crippen molar-refractivity contribution in [1.82, 2.24) is 9.80 Å². The quantitative estimate of drug-likeness (QED) is 0.895. The maximum atomic E-state index is 6.48. The zero-order chi connectivity index (χ0) is 14.7. The Labute approximate surface area is 123 Å². The van der Waals surface area contributed by atoms with E-state index in [0.29, 0.717) is 12.1 Å². The summed E-state index contributed by atoms with van der Waals surface area (Å²) in [6, 6.07) is 9.96. The predicted molar refractivity (Wildman–Crippen MR) is 85.9 cm³/mol. The Morgan fingerprint density at radius 3 is 2.45 bits per heavy atom. The molecular formula is C17H29N3. The molecule has 0 aromatic heterocycles. The Morgan fingerprint density at radius 1 is 1.30 bits per heavy atom. The van der Waals surface area contributed by atoms with Gasteiger partial charge in [-0.05, 0) is 45.0 Å². The standard InChI is InChI=1S/C17H29N3/c1-5-14-6-8-15(9-7-14)17(18)13(2)20-11-10-16(12-20)19(3)4/h6-9,13,16-17H,5,10-12,18H2,1-4H3. The van der Waals surface area contributed by atoms with Gasteiger partial charge in [0.2, 0.25) is 0 Å². The fraction of sp³-hybridized carbons (Fsp3) is 0.647. The first-order valence-corrected chi connectivity index (χ1v) is 7.77. The van der Waals surface area contributed by atoms with Crippen LogP contribution >= 0.6 is 0 Å². The highest BCUT2D eigenvalue weighted by Crippen LogP contribution is 2.24. The molecule has 3 atom stereocenters. The molecule has 0 saturated carbocycles. The molecule has 0 amide bonds. The number of nitrogens with zero attached hydrogens (tertiary/aromatic N) is 2. The van der Waals surface area contributed by atoms with Crippen molar-refractivity contribution in [3.63, 3.8) is 0 Å². The lowest BCUT2D eigenvalue weighted by Crippen LogP contribution is -2.41. The molecular weight excluding hydrogens is 246 g/mol. The average Bonchev–Trinajstić information content (AvgIpc) is 2.96. The first-order valence-electron chi connectivity index (χ1n) is 7.77. The molecule has 0 aliphatic carbocycles. The molecule has 1 heterocycles. The second-order valence-electron chi connectivity index (χ2n) is 6.26. The van der Waals surface area contributed by atoms with Crippen LogP contribution in [0.3, 0.4) is 0 Å². The van der Waals surface area contributed by atoms with Crippen LogP contribution in [0.2, 0.25) is 0 Å². The lowest BCUT2D eigenvalue weighted by atomic mass is 9.98. The fourth-order valence-corrected chi connectivity index (χ4v) is 3.04. The summed E-state index contributed by atoms with van der Waals surface area (Å²) in [4.78, 5) is 4.86.